The first kappa shape index (κ1) is 8.64. The Morgan fingerprint density at radius 2 is 2.00 bits per heavy atom. The lowest BCUT2D eigenvalue weighted by Gasteiger charge is -2.00. The molecule has 0 atom stereocenters. The standard InChI is InChI=1S/C8H6F2O2/c1-5(11)12-6-2-3-7(9)8(10)4-6/h2-4H,1H3. The second-order valence-electron chi connectivity index (χ2n) is 2.17. The first-order chi connectivity index (χ1) is 5.59. The number of carbonyl (C=O) groups is 1. The van der Waals surface area contributed by atoms with Gasteiger partial charge < -0.3 is 4.74 Å². The van der Waals surface area contributed by atoms with E-state index in [1.165, 1.54) is 13.0 Å². The molecule has 64 valence electrons. The minimum atomic E-state index is -1.03. The molecule has 0 radical (unpaired) electrons. The molecule has 0 unspecified atom stereocenters. The molecule has 0 heterocycles. The highest BCUT2D eigenvalue weighted by Crippen LogP contribution is 2.15. The lowest BCUT2D eigenvalue weighted by Crippen LogP contribution is -2.01. The topological polar surface area (TPSA) is 26.3 Å². The molecule has 1 aromatic rings. The van der Waals surface area contributed by atoms with Crippen molar-refractivity contribution in [2.75, 3.05) is 0 Å². The van der Waals surface area contributed by atoms with Crippen molar-refractivity contribution in [2.45, 2.75) is 6.92 Å². The van der Waals surface area contributed by atoms with Gasteiger partial charge in [0, 0.05) is 13.0 Å². The van der Waals surface area contributed by atoms with Crippen LogP contribution in [-0.2, 0) is 4.79 Å². The van der Waals surface area contributed by atoms with Gasteiger partial charge in [-0.15, -0.1) is 0 Å². The van der Waals surface area contributed by atoms with Crippen LogP contribution in [0.25, 0.3) is 0 Å². The van der Waals surface area contributed by atoms with Gasteiger partial charge in [-0.05, 0) is 12.1 Å². The Morgan fingerprint density at radius 1 is 1.33 bits per heavy atom. The van der Waals surface area contributed by atoms with Crippen LogP contribution in [0.5, 0.6) is 5.75 Å². The number of ether oxygens (including phenoxy) is 1. The average molecular weight is 172 g/mol. The van der Waals surface area contributed by atoms with Gasteiger partial charge in [-0.1, -0.05) is 0 Å². The summed E-state index contributed by atoms with van der Waals surface area (Å²) < 4.78 is 29.3. The highest BCUT2D eigenvalue weighted by molar-refractivity contribution is 5.69. The van der Waals surface area contributed by atoms with E-state index in [4.69, 9.17) is 0 Å². The summed E-state index contributed by atoms with van der Waals surface area (Å²) in [5.74, 6) is -2.57. The van der Waals surface area contributed by atoms with Crippen molar-refractivity contribution in [1.82, 2.24) is 0 Å². The fourth-order valence-electron chi connectivity index (χ4n) is 0.706. The van der Waals surface area contributed by atoms with Gasteiger partial charge in [-0.25, -0.2) is 8.78 Å². The van der Waals surface area contributed by atoms with Gasteiger partial charge in [0.2, 0.25) is 0 Å². The number of hydrogen-bond acceptors (Lipinski definition) is 2. The quantitative estimate of drug-likeness (QED) is 0.477. The van der Waals surface area contributed by atoms with Crippen LogP contribution in [0.2, 0.25) is 0 Å². The summed E-state index contributed by atoms with van der Waals surface area (Å²) in [5, 5.41) is 0. The van der Waals surface area contributed by atoms with Gasteiger partial charge in [0.25, 0.3) is 0 Å². The Hall–Kier alpha value is -1.45. The maximum atomic E-state index is 12.5. The van der Waals surface area contributed by atoms with Crippen molar-refractivity contribution >= 4 is 5.97 Å². The van der Waals surface area contributed by atoms with Crippen LogP contribution in [0, 0.1) is 11.6 Å². The summed E-state index contributed by atoms with van der Waals surface area (Å²) >= 11 is 0. The Balaban J connectivity index is 2.89. The molecular formula is C8H6F2O2. The van der Waals surface area contributed by atoms with Crippen molar-refractivity contribution < 1.29 is 18.3 Å². The normalized spacial score (nSPS) is 9.58. The number of esters is 1. The van der Waals surface area contributed by atoms with E-state index in [1.54, 1.807) is 0 Å². The molecule has 1 aromatic carbocycles. The summed E-state index contributed by atoms with van der Waals surface area (Å²) in [4.78, 5) is 10.4. The van der Waals surface area contributed by atoms with Crippen LogP contribution in [0.4, 0.5) is 8.78 Å². The first-order valence-electron chi connectivity index (χ1n) is 3.23. The second-order valence-corrected chi connectivity index (χ2v) is 2.17. The molecule has 0 fully saturated rings. The summed E-state index contributed by atoms with van der Waals surface area (Å²) in [6, 6.07) is 2.89. The summed E-state index contributed by atoms with van der Waals surface area (Å²) in [6.45, 7) is 1.18. The smallest absolute Gasteiger partial charge is 0.308 e. The highest BCUT2D eigenvalue weighted by Gasteiger charge is 2.04. The van der Waals surface area contributed by atoms with Crippen LogP contribution >= 0.6 is 0 Å². The molecule has 0 aromatic heterocycles. The second kappa shape index (κ2) is 3.30. The molecule has 2 nitrogen and oxygen atoms in total. The molecule has 0 saturated heterocycles. The van der Waals surface area contributed by atoms with Gasteiger partial charge in [0.05, 0.1) is 0 Å². The van der Waals surface area contributed by atoms with Gasteiger partial charge in [-0.2, -0.15) is 0 Å². The van der Waals surface area contributed by atoms with E-state index in [1.807, 2.05) is 0 Å². The minimum Gasteiger partial charge on any atom is -0.427 e. The molecule has 12 heavy (non-hydrogen) atoms. The monoisotopic (exact) mass is 172 g/mol. The largest absolute Gasteiger partial charge is 0.427 e. The number of hydrogen-bond donors (Lipinski definition) is 0. The van der Waals surface area contributed by atoms with E-state index in [-0.39, 0.29) is 5.75 Å². The van der Waals surface area contributed by atoms with E-state index in [9.17, 15) is 13.6 Å². The highest BCUT2D eigenvalue weighted by atomic mass is 19.2. The molecule has 0 spiro atoms. The number of rotatable bonds is 1. The molecular weight excluding hydrogens is 166 g/mol. The minimum absolute atomic E-state index is 0.00130. The Kier molecular flexibility index (Phi) is 2.38. The Morgan fingerprint density at radius 3 is 2.50 bits per heavy atom. The SMILES string of the molecule is CC(=O)Oc1ccc(F)c(F)c1. The van der Waals surface area contributed by atoms with E-state index >= 15 is 0 Å². The fraction of sp³-hybridized carbons (Fsp3) is 0.125. The van der Waals surface area contributed by atoms with Crippen LogP contribution in [0.3, 0.4) is 0 Å². The lowest BCUT2D eigenvalue weighted by atomic mass is 10.3. The van der Waals surface area contributed by atoms with Gasteiger partial charge in [0.15, 0.2) is 11.6 Å². The van der Waals surface area contributed by atoms with E-state index in [0.717, 1.165) is 12.1 Å². The summed E-state index contributed by atoms with van der Waals surface area (Å²) in [6.07, 6.45) is 0. The molecule has 0 N–H and O–H groups in total. The van der Waals surface area contributed by atoms with Crippen molar-refractivity contribution in [3.8, 4) is 5.75 Å². The van der Waals surface area contributed by atoms with Gasteiger partial charge in [0.1, 0.15) is 5.75 Å². The van der Waals surface area contributed by atoms with E-state index in [0.29, 0.717) is 0 Å². The van der Waals surface area contributed by atoms with Crippen molar-refractivity contribution in [3.63, 3.8) is 0 Å². The Bertz CT molecular complexity index is 310. The number of benzene rings is 1. The molecule has 0 amide bonds. The van der Waals surface area contributed by atoms with Crippen LogP contribution in [0.1, 0.15) is 6.92 Å². The predicted octanol–water partition coefficient (Wildman–Crippen LogP) is 1.89. The molecule has 1 rings (SSSR count). The van der Waals surface area contributed by atoms with E-state index < -0.39 is 17.6 Å². The maximum Gasteiger partial charge on any atom is 0.308 e. The summed E-state index contributed by atoms with van der Waals surface area (Å²) in [7, 11) is 0. The first-order valence-corrected chi connectivity index (χ1v) is 3.23. The zero-order chi connectivity index (χ0) is 9.14. The lowest BCUT2D eigenvalue weighted by molar-refractivity contribution is -0.131. The molecule has 4 heteroatoms. The molecule has 0 aliphatic carbocycles. The van der Waals surface area contributed by atoms with Crippen molar-refractivity contribution in [3.05, 3.63) is 29.8 Å². The fourth-order valence-corrected chi connectivity index (χ4v) is 0.706. The van der Waals surface area contributed by atoms with Crippen LogP contribution < -0.4 is 4.74 Å². The van der Waals surface area contributed by atoms with Gasteiger partial charge >= 0.3 is 5.97 Å². The van der Waals surface area contributed by atoms with Crippen molar-refractivity contribution in [1.29, 1.82) is 0 Å². The zero-order valence-corrected chi connectivity index (χ0v) is 6.30. The average Bonchev–Trinajstić information content (AvgIpc) is 1.96. The molecule has 0 aliphatic heterocycles. The summed E-state index contributed by atoms with van der Waals surface area (Å²) in [5.41, 5.74) is 0. The number of halogens is 2. The number of carbonyl (C=O) groups excluding carboxylic acids is 1. The molecule has 0 aliphatic rings. The van der Waals surface area contributed by atoms with E-state index in [2.05, 4.69) is 4.74 Å². The molecule has 0 saturated carbocycles. The predicted molar refractivity (Wildman–Crippen MR) is 37.7 cm³/mol. The zero-order valence-electron chi connectivity index (χ0n) is 6.30. The third-order valence-corrected chi connectivity index (χ3v) is 1.15. The molecule has 0 bridgehead atoms. The maximum absolute atomic E-state index is 12.5. The van der Waals surface area contributed by atoms with Gasteiger partial charge in [-0.3, -0.25) is 4.79 Å². The third-order valence-electron chi connectivity index (χ3n) is 1.15. The third kappa shape index (κ3) is 2.02. The Labute approximate surface area is 67.8 Å². The van der Waals surface area contributed by atoms with Crippen LogP contribution in [0.15, 0.2) is 18.2 Å². The van der Waals surface area contributed by atoms with Crippen molar-refractivity contribution in [2.24, 2.45) is 0 Å². The van der Waals surface area contributed by atoms with Crippen LogP contribution in [-0.4, -0.2) is 5.97 Å².